The number of amides is 1. The molecule has 98 valence electrons. The molecule has 0 atom stereocenters. The van der Waals surface area contributed by atoms with Crippen molar-refractivity contribution in [2.24, 2.45) is 0 Å². The molecule has 0 N–H and O–H groups in total. The van der Waals surface area contributed by atoms with Gasteiger partial charge in [0.05, 0.1) is 13.2 Å². The van der Waals surface area contributed by atoms with Gasteiger partial charge in [-0.1, -0.05) is 6.08 Å². The van der Waals surface area contributed by atoms with Crippen LogP contribution in [0.4, 0.5) is 0 Å². The number of hydrogen-bond donors (Lipinski definition) is 0. The number of nitrogens with zero attached hydrogens (tertiary/aromatic N) is 1. The first-order valence-electron chi connectivity index (χ1n) is 5.95. The van der Waals surface area contributed by atoms with Crippen LogP contribution in [0.1, 0.15) is 33.6 Å². The van der Waals surface area contributed by atoms with E-state index in [4.69, 9.17) is 9.05 Å². The van der Waals surface area contributed by atoms with Gasteiger partial charge in [-0.3, -0.25) is 9.36 Å². The minimum atomic E-state index is -3.35. The highest BCUT2D eigenvalue weighted by atomic mass is 31.2. The van der Waals surface area contributed by atoms with Gasteiger partial charge in [0, 0.05) is 13.0 Å². The summed E-state index contributed by atoms with van der Waals surface area (Å²) in [5.74, 6) is -0.0160. The van der Waals surface area contributed by atoms with Crippen molar-refractivity contribution in [2.45, 2.75) is 33.6 Å². The molecule has 0 unspecified atom stereocenters. The average Bonchev–Trinajstić information content (AvgIpc) is 2.66. The number of hydrogen-bond acceptors (Lipinski definition) is 4. The van der Waals surface area contributed by atoms with Gasteiger partial charge in [0.1, 0.15) is 5.44 Å². The summed E-state index contributed by atoms with van der Waals surface area (Å²) < 4.78 is 23.1. The Morgan fingerprint density at radius 1 is 1.41 bits per heavy atom. The summed E-state index contributed by atoms with van der Waals surface area (Å²) in [6, 6.07) is 0. The Morgan fingerprint density at radius 2 is 2.00 bits per heavy atom. The lowest BCUT2D eigenvalue weighted by Crippen LogP contribution is -2.25. The molecule has 1 aliphatic rings. The quantitative estimate of drug-likeness (QED) is 0.690. The molecule has 0 aliphatic carbocycles. The van der Waals surface area contributed by atoms with Gasteiger partial charge >= 0.3 is 7.60 Å². The number of carbonyl (C=O) groups is 1. The minimum Gasteiger partial charge on any atom is -0.306 e. The Kier molecular flexibility index (Phi) is 5.37. The summed E-state index contributed by atoms with van der Waals surface area (Å²) in [5, 5.41) is 0. The van der Waals surface area contributed by atoms with Crippen LogP contribution in [0.2, 0.25) is 0 Å². The highest BCUT2D eigenvalue weighted by molar-refractivity contribution is 7.58. The summed E-state index contributed by atoms with van der Waals surface area (Å²) in [6.07, 6.45) is 2.93. The third-order valence-corrected chi connectivity index (χ3v) is 4.74. The van der Waals surface area contributed by atoms with Gasteiger partial charge in [0.25, 0.3) is 0 Å². The molecule has 0 saturated carbocycles. The highest BCUT2D eigenvalue weighted by Gasteiger charge is 2.37. The molecule has 5 nitrogen and oxygen atoms in total. The van der Waals surface area contributed by atoms with Gasteiger partial charge in [-0.25, -0.2) is 0 Å². The monoisotopic (exact) mass is 261 g/mol. The second-order valence-corrected chi connectivity index (χ2v) is 5.60. The van der Waals surface area contributed by atoms with Crippen LogP contribution in [-0.2, 0) is 18.4 Å². The predicted octanol–water partition coefficient (Wildman–Crippen LogP) is 2.74. The van der Waals surface area contributed by atoms with Gasteiger partial charge in [-0.15, -0.1) is 0 Å². The smallest absolute Gasteiger partial charge is 0.306 e. The molecule has 0 aromatic carbocycles. The van der Waals surface area contributed by atoms with E-state index in [2.05, 4.69) is 0 Å². The average molecular weight is 261 g/mol. The first kappa shape index (κ1) is 14.4. The number of likely N-dealkylation sites (tertiary alicyclic amines) is 1. The third kappa shape index (κ3) is 3.18. The Bertz CT molecular complexity index is 343. The Morgan fingerprint density at radius 3 is 2.35 bits per heavy atom. The van der Waals surface area contributed by atoms with Gasteiger partial charge in [-0.05, 0) is 27.2 Å². The summed E-state index contributed by atoms with van der Waals surface area (Å²) in [4.78, 5) is 13.2. The molecule has 0 radical (unpaired) electrons. The van der Waals surface area contributed by atoms with Crippen molar-refractivity contribution >= 4 is 13.5 Å². The third-order valence-electron chi connectivity index (χ3n) is 2.49. The van der Waals surface area contributed by atoms with E-state index in [1.165, 1.54) is 4.90 Å². The van der Waals surface area contributed by atoms with Crippen molar-refractivity contribution in [1.82, 2.24) is 4.90 Å². The maximum atomic E-state index is 12.6. The highest BCUT2D eigenvalue weighted by Crippen LogP contribution is 2.57. The zero-order valence-electron chi connectivity index (χ0n) is 10.6. The summed E-state index contributed by atoms with van der Waals surface area (Å²) >= 11 is 0. The summed E-state index contributed by atoms with van der Waals surface area (Å²) in [7, 11) is -3.35. The molecule has 0 aromatic rings. The van der Waals surface area contributed by atoms with Gasteiger partial charge in [0.2, 0.25) is 5.91 Å². The predicted molar refractivity (Wildman–Crippen MR) is 65.6 cm³/mol. The van der Waals surface area contributed by atoms with E-state index in [9.17, 15) is 9.36 Å². The SMILES string of the molecule is C/C=C(/N1CCCC1=O)P(=O)(OCC)OCC. The van der Waals surface area contributed by atoms with Crippen LogP contribution in [0.15, 0.2) is 11.5 Å². The van der Waals surface area contributed by atoms with Crippen LogP contribution < -0.4 is 0 Å². The van der Waals surface area contributed by atoms with Crippen LogP contribution >= 0.6 is 7.60 Å². The van der Waals surface area contributed by atoms with Gasteiger partial charge < -0.3 is 13.9 Å². The van der Waals surface area contributed by atoms with Crippen molar-refractivity contribution in [1.29, 1.82) is 0 Å². The van der Waals surface area contributed by atoms with Gasteiger partial charge in [-0.2, -0.15) is 0 Å². The molecule has 1 aliphatic heterocycles. The van der Waals surface area contributed by atoms with Crippen LogP contribution in [0.3, 0.4) is 0 Å². The molecule has 1 amide bonds. The van der Waals surface area contributed by atoms with Crippen molar-refractivity contribution in [3.63, 3.8) is 0 Å². The standard InChI is InChI=1S/C11H20NO4P/c1-4-11(12-9-7-8-10(12)13)17(14,15-5-2)16-6-3/h4H,5-9H2,1-3H3/b11-4-. The molecular weight excluding hydrogens is 241 g/mol. The van der Waals surface area contributed by atoms with Crippen molar-refractivity contribution in [3.8, 4) is 0 Å². The number of carbonyl (C=O) groups excluding carboxylic acids is 1. The van der Waals surface area contributed by atoms with E-state index in [0.717, 1.165) is 6.42 Å². The van der Waals surface area contributed by atoms with E-state index < -0.39 is 7.60 Å². The van der Waals surface area contributed by atoms with Crippen molar-refractivity contribution in [2.75, 3.05) is 19.8 Å². The normalized spacial score (nSPS) is 17.9. The van der Waals surface area contributed by atoms with Crippen LogP contribution in [0.5, 0.6) is 0 Å². The maximum Gasteiger partial charge on any atom is 0.377 e. The lowest BCUT2D eigenvalue weighted by Gasteiger charge is -2.26. The molecule has 0 spiro atoms. The minimum absolute atomic E-state index is 0.0160. The van der Waals surface area contributed by atoms with E-state index in [-0.39, 0.29) is 19.1 Å². The van der Waals surface area contributed by atoms with Crippen LogP contribution in [0.25, 0.3) is 0 Å². The van der Waals surface area contributed by atoms with Crippen molar-refractivity contribution in [3.05, 3.63) is 11.5 Å². The van der Waals surface area contributed by atoms with Crippen LogP contribution in [0, 0.1) is 0 Å². The molecule has 1 saturated heterocycles. The topological polar surface area (TPSA) is 55.8 Å². The Balaban J connectivity index is 2.97. The second kappa shape index (κ2) is 6.34. The van der Waals surface area contributed by atoms with E-state index >= 15 is 0 Å². The van der Waals surface area contributed by atoms with Gasteiger partial charge in [0.15, 0.2) is 0 Å². The molecule has 1 rings (SSSR count). The maximum absolute atomic E-state index is 12.6. The number of allylic oxidation sites excluding steroid dienone is 1. The van der Waals surface area contributed by atoms with E-state index in [1.807, 2.05) is 0 Å². The largest absolute Gasteiger partial charge is 0.377 e. The zero-order chi connectivity index (χ0) is 12.9. The van der Waals surface area contributed by atoms with Crippen molar-refractivity contribution < 1.29 is 18.4 Å². The van der Waals surface area contributed by atoms with E-state index in [1.54, 1.807) is 26.8 Å². The second-order valence-electron chi connectivity index (χ2n) is 3.63. The first-order valence-corrected chi connectivity index (χ1v) is 7.49. The summed E-state index contributed by atoms with van der Waals surface area (Å²) in [6.45, 7) is 6.41. The first-order chi connectivity index (χ1) is 8.09. The molecule has 17 heavy (non-hydrogen) atoms. The fraction of sp³-hybridized carbons (Fsp3) is 0.727. The number of rotatable bonds is 6. The molecular formula is C11H20NO4P. The fourth-order valence-corrected chi connectivity index (χ4v) is 3.70. The zero-order valence-corrected chi connectivity index (χ0v) is 11.5. The molecule has 6 heteroatoms. The van der Waals surface area contributed by atoms with E-state index in [0.29, 0.717) is 18.4 Å². The van der Waals surface area contributed by atoms with Crippen LogP contribution in [-0.4, -0.2) is 30.6 Å². The molecule has 0 aromatic heterocycles. The molecule has 1 heterocycles. The Hall–Kier alpha value is -0.640. The summed E-state index contributed by atoms with van der Waals surface area (Å²) in [5.41, 5.74) is 0.378. The Labute approximate surface area is 102 Å². The lowest BCUT2D eigenvalue weighted by molar-refractivity contribution is -0.125. The fourth-order valence-electron chi connectivity index (χ4n) is 1.86. The lowest BCUT2D eigenvalue weighted by atomic mass is 10.4. The molecule has 0 bridgehead atoms. The molecule has 1 fully saturated rings.